The molecule has 24 heavy (non-hydrogen) atoms. The third kappa shape index (κ3) is 4.55. The Morgan fingerprint density at radius 3 is 2.12 bits per heavy atom. The van der Waals surface area contributed by atoms with E-state index in [0.29, 0.717) is 31.1 Å². The summed E-state index contributed by atoms with van der Waals surface area (Å²) in [4.78, 5) is 15.7. The van der Waals surface area contributed by atoms with Crippen LogP contribution in [-0.4, -0.2) is 63.4 Å². The van der Waals surface area contributed by atoms with Crippen molar-refractivity contribution in [1.82, 2.24) is 14.5 Å². The number of aryl methyl sites for hydroxylation is 3. The van der Waals surface area contributed by atoms with Gasteiger partial charge in [-0.1, -0.05) is 17.7 Å². The first-order valence-corrected chi connectivity index (χ1v) is 9.74. The molecule has 1 saturated heterocycles. The van der Waals surface area contributed by atoms with Gasteiger partial charge in [0.1, 0.15) is 0 Å². The van der Waals surface area contributed by atoms with Gasteiger partial charge in [0.15, 0.2) is 0 Å². The Hall–Kier alpha value is -1.44. The summed E-state index contributed by atoms with van der Waals surface area (Å²) in [5.74, 6) is 0.0978. The number of benzene rings is 1. The standard InChI is InChI=1S/C17H27N3O3S/c1-13-11-14(2)17(15(3)12-13)24(22,23)18-5-6-19-7-9-20(10-8-19)16(4)21/h11-12,18H,5-10H2,1-4H3. The van der Waals surface area contributed by atoms with Crippen molar-refractivity contribution in [3.63, 3.8) is 0 Å². The number of hydrogen-bond donors (Lipinski definition) is 1. The molecule has 1 aliphatic heterocycles. The van der Waals surface area contributed by atoms with E-state index in [1.165, 1.54) is 0 Å². The van der Waals surface area contributed by atoms with E-state index in [1.54, 1.807) is 6.92 Å². The summed E-state index contributed by atoms with van der Waals surface area (Å²) in [6.07, 6.45) is 0. The number of nitrogens with zero attached hydrogens (tertiary/aromatic N) is 2. The van der Waals surface area contributed by atoms with Crippen LogP contribution >= 0.6 is 0 Å². The van der Waals surface area contributed by atoms with E-state index in [4.69, 9.17) is 0 Å². The number of piperazine rings is 1. The van der Waals surface area contributed by atoms with E-state index in [0.717, 1.165) is 29.8 Å². The lowest BCUT2D eigenvalue weighted by Crippen LogP contribution is -2.49. The van der Waals surface area contributed by atoms with Crippen LogP contribution in [0.1, 0.15) is 23.6 Å². The molecule has 0 saturated carbocycles. The maximum atomic E-state index is 12.6. The summed E-state index contributed by atoms with van der Waals surface area (Å²) in [6, 6.07) is 3.78. The van der Waals surface area contributed by atoms with Gasteiger partial charge in [0.2, 0.25) is 15.9 Å². The number of carbonyl (C=O) groups is 1. The van der Waals surface area contributed by atoms with Gasteiger partial charge in [-0.05, 0) is 31.9 Å². The third-order valence-corrected chi connectivity index (χ3v) is 6.18. The van der Waals surface area contributed by atoms with Crippen molar-refractivity contribution < 1.29 is 13.2 Å². The van der Waals surface area contributed by atoms with Crippen molar-refractivity contribution in [2.75, 3.05) is 39.3 Å². The maximum absolute atomic E-state index is 12.6. The second-order valence-corrected chi connectivity index (χ2v) is 8.18. The number of carbonyl (C=O) groups excluding carboxylic acids is 1. The Morgan fingerprint density at radius 1 is 1.08 bits per heavy atom. The van der Waals surface area contributed by atoms with Crippen LogP contribution in [0.15, 0.2) is 17.0 Å². The van der Waals surface area contributed by atoms with E-state index in [-0.39, 0.29) is 5.91 Å². The molecule has 6 nitrogen and oxygen atoms in total. The smallest absolute Gasteiger partial charge is 0.241 e. The van der Waals surface area contributed by atoms with E-state index in [1.807, 2.05) is 37.8 Å². The van der Waals surface area contributed by atoms with Crippen LogP contribution in [0, 0.1) is 20.8 Å². The Morgan fingerprint density at radius 2 is 1.62 bits per heavy atom. The fraction of sp³-hybridized carbons (Fsp3) is 0.588. The SMILES string of the molecule is CC(=O)N1CCN(CCNS(=O)(=O)c2c(C)cc(C)cc2C)CC1. The lowest BCUT2D eigenvalue weighted by atomic mass is 10.1. The van der Waals surface area contributed by atoms with Crippen LogP contribution in [0.4, 0.5) is 0 Å². The first kappa shape index (κ1) is 18.9. The van der Waals surface area contributed by atoms with Gasteiger partial charge in [0.25, 0.3) is 0 Å². The highest BCUT2D eigenvalue weighted by Gasteiger charge is 2.21. The van der Waals surface area contributed by atoms with Gasteiger partial charge in [-0.15, -0.1) is 0 Å². The zero-order chi connectivity index (χ0) is 17.9. The monoisotopic (exact) mass is 353 g/mol. The summed E-state index contributed by atoms with van der Waals surface area (Å²) in [6.45, 7) is 11.2. The van der Waals surface area contributed by atoms with E-state index in [2.05, 4.69) is 9.62 Å². The first-order valence-electron chi connectivity index (χ1n) is 8.26. The molecule has 0 aliphatic carbocycles. The van der Waals surface area contributed by atoms with Gasteiger partial charge in [0.05, 0.1) is 4.90 Å². The van der Waals surface area contributed by atoms with Crippen LogP contribution in [0.25, 0.3) is 0 Å². The number of hydrogen-bond acceptors (Lipinski definition) is 4. The second kappa shape index (κ2) is 7.63. The second-order valence-electron chi connectivity index (χ2n) is 6.47. The predicted molar refractivity (Wildman–Crippen MR) is 94.5 cm³/mol. The number of sulfonamides is 1. The van der Waals surface area contributed by atoms with Gasteiger partial charge in [-0.3, -0.25) is 9.69 Å². The molecule has 1 fully saturated rings. The van der Waals surface area contributed by atoms with E-state index in [9.17, 15) is 13.2 Å². The molecule has 1 N–H and O–H groups in total. The van der Waals surface area contributed by atoms with Crippen LogP contribution in [0.5, 0.6) is 0 Å². The highest BCUT2D eigenvalue weighted by atomic mass is 32.2. The van der Waals surface area contributed by atoms with Gasteiger partial charge >= 0.3 is 0 Å². The fourth-order valence-electron chi connectivity index (χ4n) is 3.29. The van der Waals surface area contributed by atoms with Crippen molar-refractivity contribution in [3.8, 4) is 0 Å². The quantitative estimate of drug-likeness (QED) is 0.859. The highest BCUT2D eigenvalue weighted by Crippen LogP contribution is 2.21. The summed E-state index contributed by atoms with van der Waals surface area (Å²) < 4.78 is 27.9. The Kier molecular flexibility index (Phi) is 6.01. The summed E-state index contributed by atoms with van der Waals surface area (Å²) in [7, 11) is -3.50. The topological polar surface area (TPSA) is 69.7 Å². The average Bonchev–Trinajstić information content (AvgIpc) is 2.46. The average molecular weight is 353 g/mol. The molecule has 134 valence electrons. The van der Waals surface area contributed by atoms with Crippen molar-refractivity contribution in [2.24, 2.45) is 0 Å². The lowest BCUT2D eigenvalue weighted by molar-refractivity contribution is -0.130. The minimum absolute atomic E-state index is 0.0978. The molecule has 0 unspecified atom stereocenters. The normalized spacial score (nSPS) is 16.4. The van der Waals surface area contributed by atoms with Crippen LogP contribution in [-0.2, 0) is 14.8 Å². The van der Waals surface area contributed by atoms with E-state index < -0.39 is 10.0 Å². The van der Waals surface area contributed by atoms with Crippen LogP contribution < -0.4 is 4.72 Å². The summed E-state index contributed by atoms with van der Waals surface area (Å²) in [5.41, 5.74) is 2.61. The largest absolute Gasteiger partial charge is 0.340 e. The minimum atomic E-state index is -3.50. The molecule has 1 aromatic rings. The molecule has 0 bridgehead atoms. The molecule has 0 spiro atoms. The molecular formula is C17H27N3O3S. The summed E-state index contributed by atoms with van der Waals surface area (Å²) in [5, 5.41) is 0. The zero-order valence-corrected chi connectivity index (χ0v) is 15.7. The van der Waals surface area contributed by atoms with Gasteiger partial charge < -0.3 is 4.90 Å². The zero-order valence-electron chi connectivity index (χ0n) is 14.9. The fourth-order valence-corrected chi connectivity index (χ4v) is 4.76. The Balaban J connectivity index is 1.92. The van der Waals surface area contributed by atoms with Crippen molar-refractivity contribution in [1.29, 1.82) is 0 Å². The molecule has 0 radical (unpaired) electrons. The lowest BCUT2D eigenvalue weighted by Gasteiger charge is -2.34. The predicted octanol–water partition coefficient (Wildman–Crippen LogP) is 1.05. The van der Waals surface area contributed by atoms with Gasteiger partial charge in [-0.25, -0.2) is 13.1 Å². The minimum Gasteiger partial charge on any atom is -0.340 e. The summed E-state index contributed by atoms with van der Waals surface area (Å²) >= 11 is 0. The first-order chi connectivity index (χ1) is 11.2. The molecule has 1 amide bonds. The number of amides is 1. The van der Waals surface area contributed by atoms with Crippen LogP contribution in [0.3, 0.4) is 0 Å². The van der Waals surface area contributed by atoms with Gasteiger partial charge in [-0.2, -0.15) is 0 Å². The van der Waals surface area contributed by atoms with Gasteiger partial charge in [0, 0.05) is 46.2 Å². The molecule has 7 heteroatoms. The molecule has 1 aliphatic rings. The maximum Gasteiger partial charge on any atom is 0.241 e. The van der Waals surface area contributed by atoms with Crippen LogP contribution in [0.2, 0.25) is 0 Å². The van der Waals surface area contributed by atoms with Crippen molar-refractivity contribution in [3.05, 3.63) is 28.8 Å². The molecule has 0 aromatic heterocycles. The Labute approximate surface area is 144 Å². The molecule has 2 rings (SSSR count). The molecule has 0 atom stereocenters. The molecule has 1 heterocycles. The number of nitrogens with one attached hydrogen (secondary N) is 1. The molecular weight excluding hydrogens is 326 g/mol. The Bertz CT molecular complexity index is 685. The number of rotatable bonds is 5. The van der Waals surface area contributed by atoms with Crippen molar-refractivity contribution in [2.45, 2.75) is 32.6 Å². The van der Waals surface area contributed by atoms with Crippen molar-refractivity contribution >= 4 is 15.9 Å². The highest BCUT2D eigenvalue weighted by molar-refractivity contribution is 7.89. The molecule has 1 aromatic carbocycles. The third-order valence-electron chi connectivity index (χ3n) is 4.41. The van der Waals surface area contributed by atoms with E-state index >= 15 is 0 Å².